The maximum Gasteiger partial charge on any atom is 0.332 e. The van der Waals surface area contributed by atoms with E-state index in [1.807, 2.05) is 83.8 Å². The predicted molar refractivity (Wildman–Crippen MR) is 146 cm³/mol. The van der Waals surface area contributed by atoms with Crippen molar-refractivity contribution in [1.82, 2.24) is 9.55 Å². The molecule has 10 heteroatoms. The van der Waals surface area contributed by atoms with E-state index in [9.17, 15) is 14.7 Å². The lowest BCUT2D eigenvalue weighted by Crippen LogP contribution is -2.41. The van der Waals surface area contributed by atoms with Gasteiger partial charge in [-0.2, -0.15) is 4.39 Å². The van der Waals surface area contributed by atoms with Crippen molar-refractivity contribution in [1.29, 1.82) is 0 Å². The van der Waals surface area contributed by atoms with Gasteiger partial charge in [-0.25, -0.2) is 9.36 Å². The lowest BCUT2D eigenvalue weighted by Gasteiger charge is -2.37. The van der Waals surface area contributed by atoms with Gasteiger partial charge in [0.15, 0.2) is 0 Å². The van der Waals surface area contributed by atoms with Gasteiger partial charge in [-0.1, -0.05) is 54.6 Å². The number of halogens is 1. The molecule has 0 aliphatic carbocycles. The monoisotopic (exact) mass is 550 g/mol. The van der Waals surface area contributed by atoms with Gasteiger partial charge in [0.1, 0.15) is 23.2 Å². The normalized spacial score (nSPS) is 13.8. The smallest absolute Gasteiger partial charge is 0.332 e. The lowest BCUT2D eigenvalue weighted by atomic mass is 9.80. The molecule has 0 aliphatic rings. The summed E-state index contributed by atoms with van der Waals surface area (Å²) in [6, 6.07) is 25.2. The predicted octanol–water partition coefficient (Wildman–Crippen LogP) is 3.75. The van der Waals surface area contributed by atoms with E-state index in [1.165, 1.54) is 6.92 Å². The second kappa shape index (κ2) is 12.7. The lowest BCUT2D eigenvalue weighted by molar-refractivity contribution is -0.190. The number of rotatable bonds is 12. The Labute approximate surface area is 230 Å². The highest BCUT2D eigenvalue weighted by atomic mass is 19.1. The van der Waals surface area contributed by atoms with Crippen molar-refractivity contribution < 1.29 is 28.4 Å². The number of hydrogen-bond acceptors (Lipinski definition) is 7. The van der Waals surface area contributed by atoms with Crippen LogP contribution in [-0.4, -0.2) is 47.7 Å². The Morgan fingerprint density at radius 3 is 1.85 bits per heavy atom. The van der Waals surface area contributed by atoms with E-state index in [-0.39, 0.29) is 6.61 Å². The van der Waals surface area contributed by atoms with Crippen LogP contribution in [0.2, 0.25) is 0 Å². The van der Waals surface area contributed by atoms with Gasteiger partial charge in [0.2, 0.25) is 0 Å². The van der Waals surface area contributed by atoms with Crippen LogP contribution in [0.25, 0.3) is 0 Å². The van der Waals surface area contributed by atoms with Gasteiger partial charge < -0.3 is 24.1 Å². The number of ether oxygens (including phenoxy) is 4. The number of nitrogens with zero attached hydrogens (tertiary/aromatic N) is 1. The summed E-state index contributed by atoms with van der Waals surface area (Å²) >= 11 is 0. The van der Waals surface area contributed by atoms with Crippen LogP contribution in [0.4, 0.5) is 4.39 Å². The number of benzene rings is 3. The summed E-state index contributed by atoms with van der Waals surface area (Å²) in [5, 5.41) is 10.5. The Morgan fingerprint density at radius 2 is 1.38 bits per heavy atom. The Hall–Kier alpha value is -4.25. The third-order valence-electron chi connectivity index (χ3n) is 6.53. The van der Waals surface area contributed by atoms with E-state index in [2.05, 4.69) is 0 Å². The van der Waals surface area contributed by atoms with Crippen LogP contribution in [0.5, 0.6) is 11.5 Å². The van der Waals surface area contributed by atoms with Crippen LogP contribution in [0, 0.1) is 0 Å². The average Bonchev–Trinajstić information content (AvgIpc) is 2.97. The Kier molecular flexibility index (Phi) is 9.15. The fourth-order valence-corrected chi connectivity index (χ4v) is 4.37. The van der Waals surface area contributed by atoms with Gasteiger partial charge in [-0.3, -0.25) is 9.78 Å². The van der Waals surface area contributed by atoms with Crippen molar-refractivity contribution in [3.63, 3.8) is 0 Å². The number of nitrogens with one attached hydrogen (secondary N) is 1. The summed E-state index contributed by atoms with van der Waals surface area (Å²) in [6.07, 6.45) is -1.40. The van der Waals surface area contributed by atoms with Crippen molar-refractivity contribution in [3.05, 3.63) is 129 Å². The van der Waals surface area contributed by atoms with Crippen LogP contribution in [0.1, 0.15) is 30.1 Å². The van der Waals surface area contributed by atoms with Crippen LogP contribution < -0.4 is 20.7 Å². The van der Waals surface area contributed by atoms with Gasteiger partial charge in [-0.05, 0) is 47.9 Å². The molecule has 0 radical (unpaired) electrons. The molecule has 0 bridgehead atoms. The zero-order valence-corrected chi connectivity index (χ0v) is 22.3. The number of methoxy groups -OCH3 is 2. The largest absolute Gasteiger partial charge is 0.497 e. The highest BCUT2D eigenvalue weighted by molar-refractivity contribution is 5.49. The topological polar surface area (TPSA) is 112 Å². The van der Waals surface area contributed by atoms with E-state index < -0.39 is 35.5 Å². The van der Waals surface area contributed by atoms with Gasteiger partial charge in [0.05, 0.1) is 26.9 Å². The summed E-state index contributed by atoms with van der Waals surface area (Å²) in [5.41, 5.74) is -0.638. The van der Waals surface area contributed by atoms with Gasteiger partial charge in [0.25, 0.3) is 12.0 Å². The van der Waals surface area contributed by atoms with E-state index in [1.54, 1.807) is 14.2 Å². The van der Waals surface area contributed by atoms with Gasteiger partial charge in [0, 0.05) is 12.3 Å². The molecule has 0 saturated carbocycles. The second-order valence-corrected chi connectivity index (χ2v) is 9.04. The molecule has 1 heterocycles. The van der Waals surface area contributed by atoms with Crippen LogP contribution in [-0.2, 0) is 15.1 Å². The second-order valence-electron chi connectivity index (χ2n) is 9.04. The molecule has 210 valence electrons. The number of aromatic amines is 1. The van der Waals surface area contributed by atoms with Crippen molar-refractivity contribution >= 4 is 0 Å². The van der Waals surface area contributed by atoms with Crippen molar-refractivity contribution in [2.24, 2.45) is 0 Å². The van der Waals surface area contributed by atoms with Crippen molar-refractivity contribution in [2.75, 3.05) is 20.8 Å². The Bertz CT molecular complexity index is 1440. The molecule has 0 amide bonds. The van der Waals surface area contributed by atoms with E-state index in [0.29, 0.717) is 16.1 Å². The number of hydrogen-bond donors (Lipinski definition) is 2. The molecule has 0 fully saturated rings. The molecule has 40 heavy (non-hydrogen) atoms. The molecule has 1 unspecified atom stereocenters. The summed E-state index contributed by atoms with van der Waals surface area (Å²) in [6.45, 7) is -1.13. The maximum absolute atomic E-state index is 15.1. The molecule has 0 aliphatic heterocycles. The third kappa shape index (κ3) is 6.15. The number of aliphatic hydroxyl groups excluding tert-OH is 1. The molecule has 4 rings (SSSR count). The number of aromatic nitrogens is 2. The number of aliphatic hydroxyl groups is 1. The quantitative estimate of drug-likeness (QED) is 0.259. The zero-order chi connectivity index (χ0) is 28.7. The molecule has 4 aromatic rings. The van der Waals surface area contributed by atoms with Gasteiger partial charge >= 0.3 is 5.69 Å². The maximum atomic E-state index is 15.1. The minimum Gasteiger partial charge on any atom is -0.497 e. The Balaban J connectivity index is 1.77. The molecule has 0 spiro atoms. The fraction of sp³-hybridized carbons (Fsp3) is 0.267. The molecular weight excluding hydrogens is 519 g/mol. The summed E-state index contributed by atoms with van der Waals surface area (Å²) in [7, 11) is 3.15. The summed E-state index contributed by atoms with van der Waals surface area (Å²) < 4.78 is 38.5. The van der Waals surface area contributed by atoms with E-state index >= 15 is 4.39 Å². The highest BCUT2D eigenvalue weighted by Gasteiger charge is 2.39. The van der Waals surface area contributed by atoms with Crippen molar-refractivity contribution in [3.8, 4) is 11.5 Å². The summed E-state index contributed by atoms with van der Waals surface area (Å²) in [4.78, 5) is 25.4. The average molecular weight is 551 g/mol. The van der Waals surface area contributed by atoms with Crippen LogP contribution >= 0.6 is 0 Å². The highest BCUT2D eigenvalue weighted by Crippen LogP contribution is 2.42. The van der Waals surface area contributed by atoms with Crippen molar-refractivity contribution in [2.45, 2.75) is 31.2 Å². The first-order chi connectivity index (χ1) is 19.3. The standard InChI is InChI=1S/C30H31FN2O7/c1-20(34)26(40-28(31)33-18-17-27(35)32-29(33)36)19-39-30(21-7-5-4-6-8-21,22-9-13-24(37-2)14-10-22)23-11-15-25(38-3)16-12-23/h4-18,20,26,28,34H,19H2,1-3H3,(H,32,35,36)/t20-,26?,28-/m1/s1. The first-order valence-electron chi connectivity index (χ1n) is 12.6. The molecule has 2 N–H and O–H groups in total. The molecule has 1 aromatic heterocycles. The minimum atomic E-state index is -2.29. The van der Waals surface area contributed by atoms with Crippen LogP contribution in [0.3, 0.4) is 0 Å². The molecule has 3 aromatic carbocycles. The molecule has 3 atom stereocenters. The molecule has 0 saturated heterocycles. The third-order valence-corrected chi connectivity index (χ3v) is 6.53. The first-order valence-corrected chi connectivity index (χ1v) is 12.6. The van der Waals surface area contributed by atoms with Gasteiger partial charge in [-0.15, -0.1) is 0 Å². The minimum absolute atomic E-state index is 0.275. The fourth-order valence-electron chi connectivity index (χ4n) is 4.37. The van der Waals surface area contributed by atoms with E-state index in [4.69, 9.17) is 18.9 Å². The molecular formula is C30H31FN2O7. The number of alkyl halides is 1. The molecule has 9 nitrogen and oxygen atoms in total. The Morgan fingerprint density at radius 1 is 0.850 bits per heavy atom. The summed E-state index contributed by atoms with van der Waals surface area (Å²) in [5.74, 6) is 1.30. The first kappa shape index (κ1) is 28.8. The SMILES string of the molecule is COc1ccc(C(OCC(O[C@H](F)n2ccc(=O)[nH]c2=O)[C@@H](C)O)(c2ccccc2)c2ccc(OC)cc2)cc1. The van der Waals surface area contributed by atoms with E-state index in [0.717, 1.165) is 29.0 Å². The zero-order valence-electron chi connectivity index (χ0n) is 22.3. The van der Waals surface area contributed by atoms with Crippen LogP contribution in [0.15, 0.2) is 101 Å². The number of H-pyrrole nitrogens is 1.